The topological polar surface area (TPSA) is 72.6 Å². The first-order valence-corrected chi connectivity index (χ1v) is 7.98. The number of hydrogen-bond donors (Lipinski definition) is 1. The largest absolute Gasteiger partial charge is 0.489 e. The van der Waals surface area contributed by atoms with Crippen molar-refractivity contribution in [3.63, 3.8) is 0 Å². The maximum Gasteiger partial charge on any atom is 0.227 e. The van der Waals surface area contributed by atoms with Gasteiger partial charge in [0.25, 0.3) is 0 Å². The van der Waals surface area contributed by atoms with Gasteiger partial charge in [0.2, 0.25) is 11.8 Å². The maximum atomic E-state index is 12.0. The number of benzene rings is 2. The number of nitrogens with two attached hydrogens (primary N) is 1. The van der Waals surface area contributed by atoms with E-state index in [-0.39, 0.29) is 12.3 Å². The Morgan fingerprint density at radius 2 is 1.83 bits per heavy atom. The third-order valence-corrected chi connectivity index (χ3v) is 4.25. The van der Waals surface area contributed by atoms with Crippen LogP contribution in [0.25, 0.3) is 0 Å². The molecule has 0 bridgehead atoms. The van der Waals surface area contributed by atoms with Gasteiger partial charge in [-0.05, 0) is 42.0 Å². The van der Waals surface area contributed by atoms with E-state index >= 15 is 0 Å². The van der Waals surface area contributed by atoms with Gasteiger partial charge in [-0.3, -0.25) is 9.59 Å². The number of ether oxygens (including phenoxy) is 1. The van der Waals surface area contributed by atoms with Crippen molar-refractivity contribution in [1.82, 2.24) is 0 Å². The van der Waals surface area contributed by atoms with E-state index in [9.17, 15) is 9.59 Å². The van der Waals surface area contributed by atoms with Crippen LogP contribution in [-0.2, 0) is 16.2 Å². The van der Waals surface area contributed by atoms with Gasteiger partial charge in [-0.1, -0.05) is 23.7 Å². The Labute approximate surface area is 145 Å². The van der Waals surface area contributed by atoms with Crippen molar-refractivity contribution < 1.29 is 14.3 Å². The van der Waals surface area contributed by atoms with Gasteiger partial charge < -0.3 is 15.4 Å². The second-order valence-corrected chi connectivity index (χ2v) is 6.15. The molecule has 3 rings (SSSR count). The molecular weight excluding hydrogens is 328 g/mol. The first kappa shape index (κ1) is 16.3. The van der Waals surface area contributed by atoms with Gasteiger partial charge in [0.05, 0.1) is 5.92 Å². The highest BCUT2D eigenvalue weighted by atomic mass is 35.5. The summed E-state index contributed by atoms with van der Waals surface area (Å²) < 4.78 is 5.72. The predicted octanol–water partition coefficient (Wildman–Crippen LogP) is 2.76. The lowest BCUT2D eigenvalue weighted by Crippen LogP contribution is -2.28. The van der Waals surface area contributed by atoms with E-state index in [1.54, 1.807) is 29.2 Å². The molecule has 2 aromatic carbocycles. The first-order valence-electron chi connectivity index (χ1n) is 7.60. The quantitative estimate of drug-likeness (QED) is 0.906. The van der Waals surface area contributed by atoms with Crippen LogP contribution in [0.15, 0.2) is 48.5 Å². The van der Waals surface area contributed by atoms with Crippen LogP contribution in [0, 0.1) is 5.92 Å². The zero-order chi connectivity index (χ0) is 17.1. The summed E-state index contributed by atoms with van der Waals surface area (Å²) in [7, 11) is 0. The monoisotopic (exact) mass is 344 g/mol. The molecule has 1 saturated heterocycles. The summed E-state index contributed by atoms with van der Waals surface area (Å²) in [5.41, 5.74) is 7.04. The lowest BCUT2D eigenvalue weighted by Gasteiger charge is -2.16. The molecule has 5 nitrogen and oxygen atoms in total. The van der Waals surface area contributed by atoms with Gasteiger partial charge in [0.1, 0.15) is 12.4 Å². The molecule has 1 atom stereocenters. The summed E-state index contributed by atoms with van der Waals surface area (Å²) in [4.78, 5) is 24.8. The molecule has 0 spiro atoms. The second-order valence-electron chi connectivity index (χ2n) is 5.72. The molecule has 24 heavy (non-hydrogen) atoms. The Morgan fingerprint density at radius 1 is 1.17 bits per heavy atom. The average Bonchev–Trinajstić information content (AvgIpc) is 2.97. The Kier molecular flexibility index (Phi) is 4.71. The lowest BCUT2D eigenvalue weighted by molar-refractivity contribution is -0.123. The molecule has 0 aliphatic carbocycles. The zero-order valence-corrected chi connectivity index (χ0v) is 13.7. The van der Waals surface area contributed by atoms with E-state index in [0.29, 0.717) is 23.9 Å². The summed E-state index contributed by atoms with van der Waals surface area (Å²) >= 11 is 5.85. The summed E-state index contributed by atoms with van der Waals surface area (Å²) in [5, 5.41) is 0.688. The molecule has 1 fully saturated rings. The molecule has 1 heterocycles. The van der Waals surface area contributed by atoms with Crippen LogP contribution in [-0.4, -0.2) is 18.4 Å². The first-order chi connectivity index (χ1) is 11.5. The summed E-state index contributed by atoms with van der Waals surface area (Å²) in [5.74, 6) is -0.243. The summed E-state index contributed by atoms with van der Waals surface area (Å²) in [6.07, 6.45) is 0.171. The molecule has 6 heteroatoms. The summed E-state index contributed by atoms with van der Waals surface area (Å²) in [6, 6.07) is 14.7. The minimum absolute atomic E-state index is 0.0892. The number of carbonyl (C=O) groups excluding carboxylic acids is 2. The van der Waals surface area contributed by atoms with Gasteiger partial charge in [-0.15, -0.1) is 0 Å². The molecule has 0 aromatic heterocycles. The molecule has 2 aromatic rings. The molecule has 124 valence electrons. The van der Waals surface area contributed by atoms with E-state index in [1.807, 2.05) is 24.3 Å². The van der Waals surface area contributed by atoms with Crippen LogP contribution in [0.3, 0.4) is 0 Å². The number of amides is 2. The number of hydrogen-bond acceptors (Lipinski definition) is 3. The number of nitrogens with zero attached hydrogens (tertiary/aromatic N) is 1. The fourth-order valence-corrected chi connectivity index (χ4v) is 2.74. The maximum absolute atomic E-state index is 12.0. The van der Waals surface area contributed by atoms with Gasteiger partial charge in [0.15, 0.2) is 0 Å². The molecule has 0 unspecified atom stereocenters. The minimum atomic E-state index is -0.436. The van der Waals surface area contributed by atoms with Crippen LogP contribution in [0.4, 0.5) is 5.69 Å². The van der Waals surface area contributed by atoms with Crippen molar-refractivity contribution in [2.45, 2.75) is 13.0 Å². The van der Waals surface area contributed by atoms with Crippen LogP contribution >= 0.6 is 11.6 Å². The van der Waals surface area contributed by atoms with Gasteiger partial charge in [-0.2, -0.15) is 0 Å². The molecule has 2 amide bonds. The van der Waals surface area contributed by atoms with Crippen LogP contribution in [0.2, 0.25) is 5.02 Å². The highest BCUT2D eigenvalue weighted by molar-refractivity contribution is 6.30. The number of halogens is 1. The standard InChI is InChI=1S/C18H17ClN2O3/c19-14-3-1-12(2-4-14)11-24-16-7-5-15(6-8-16)21-10-13(18(20)23)9-17(21)22/h1-8,13H,9-11H2,(H2,20,23)/t13-/m1/s1. The molecule has 1 aliphatic heterocycles. The normalized spacial score (nSPS) is 17.1. The van der Waals surface area contributed by atoms with E-state index in [0.717, 1.165) is 11.3 Å². The van der Waals surface area contributed by atoms with Crippen LogP contribution in [0.1, 0.15) is 12.0 Å². The Morgan fingerprint density at radius 3 is 2.42 bits per heavy atom. The second kappa shape index (κ2) is 6.93. The zero-order valence-electron chi connectivity index (χ0n) is 12.9. The van der Waals surface area contributed by atoms with E-state index < -0.39 is 11.8 Å². The Balaban J connectivity index is 1.62. The minimum Gasteiger partial charge on any atom is -0.489 e. The fraction of sp³-hybridized carbons (Fsp3) is 0.222. The molecule has 0 saturated carbocycles. The fourth-order valence-electron chi connectivity index (χ4n) is 2.62. The number of rotatable bonds is 5. The Hall–Kier alpha value is -2.53. The number of primary amides is 1. The van der Waals surface area contributed by atoms with Crippen molar-refractivity contribution in [3.8, 4) is 5.75 Å². The van der Waals surface area contributed by atoms with E-state index in [2.05, 4.69) is 0 Å². The van der Waals surface area contributed by atoms with Gasteiger partial charge >= 0.3 is 0 Å². The van der Waals surface area contributed by atoms with E-state index in [4.69, 9.17) is 22.1 Å². The molecule has 2 N–H and O–H groups in total. The van der Waals surface area contributed by atoms with Crippen molar-refractivity contribution in [2.24, 2.45) is 11.7 Å². The molecular formula is C18H17ClN2O3. The lowest BCUT2D eigenvalue weighted by atomic mass is 10.1. The van der Waals surface area contributed by atoms with Crippen LogP contribution < -0.4 is 15.4 Å². The van der Waals surface area contributed by atoms with Crippen molar-refractivity contribution in [3.05, 3.63) is 59.1 Å². The molecule has 1 aliphatic rings. The van der Waals surface area contributed by atoms with Crippen molar-refractivity contribution in [2.75, 3.05) is 11.4 Å². The SMILES string of the molecule is NC(=O)[C@@H]1CC(=O)N(c2ccc(OCc3ccc(Cl)cc3)cc2)C1. The van der Waals surface area contributed by atoms with Crippen molar-refractivity contribution in [1.29, 1.82) is 0 Å². The highest BCUT2D eigenvalue weighted by Crippen LogP contribution is 2.27. The number of anilines is 1. The van der Waals surface area contributed by atoms with Crippen molar-refractivity contribution >= 4 is 29.1 Å². The molecule has 0 radical (unpaired) electrons. The third-order valence-electron chi connectivity index (χ3n) is 3.99. The highest BCUT2D eigenvalue weighted by Gasteiger charge is 2.33. The third kappa shape index (κ3) is 3.68. The van der Waals surface area contributed by atoms with E-state index in [1.165, 1.54) is 0 Å². The smallest absolute Gasteiger partial charge is 0.227 e. The van der Waals surface area contributed by atoms with Gasteiger partial charge in [-0.25, -0.2) is 0 Å². The predicted molar refractivity (Wildman–Crippen MR) is 91.9 cm³/mol. The van der Waals surface area contributed by atoms with Crippen LogP contribution in [0.5, 0.6) is 5.75 Å². The Bertz CT molecular complexity index is 744. The summed E-state index contributed by atoms with van der Waals surface area (Å²) in [6.45, 7) is 0.766. The van der Waals surface area contributed by atoms with Gasteiger partial charge in [0, 0.05) is 23.7 Å². The number of carbonyl (C=O) groups is 2. The average molecular weight is 345 g/mol.